The van der Waals surface area contributed by atoms with E-state index in [0.717, 1.165) is 5.69 Å². The van der Waals surface area contributed by atoms with Crippen molar-refractivity contribution in [1.29, 1.82) is 0 Å². The van der Waals surface area contributed by atoms with Gasteiger partial charge in [0, 0.05) is 24.8 Å². The fourth-order valence-electron chi connectivity index (χ4n) is 1.57. The molecule has 0 fully saturated rings. The van der Waals surface area contributed by atoms with E-state index < -0.39 is 0 Å². The quantitative estimate of drug-likeness (QED) is 0.840. The zero-order valence-corrected chi connectivity index (χ0v) is 10.7. The lowest BCUT2D eigenvalue weighted by atomic mass is 10.2. The van der Waals surface area contributed by atoms with Crippen molar-refractivity contribution in [2.24, 2.45) is 5.73 Å². The first kappa shape index (κ1) is 13.5. The zero-order chi connectivity index (χ0) is 12.8. The first-order chi connectivity index (χ1) is 8.04. The monoisotopic (exact) mass is 235 g/mol. The minimum absolute atomic E-state index is 0.102. The summed E-state index contributed by atoms with van der Waals surface area (Å²) in [6.45, 7) is 7.00. The number of nitrogens with two attached hydrogens (primary N) is 1. The van der Waals surface area contributed by atoms with E-state index in [-0.39, 0.29) is 12.1 Å². The number of rotatable bonds is 4. The van der Waals surface area contributed by atoms with Gasteiger partial charge in [-0.1, -0.05) is 17.7 Å². The fourth-order valence-corrected chi connectivity index (χ4v) is 1.57. The van der Waals surface area contributed by atoms with Crippen LogP contribution in [0, 0.1) is 6.92 Å². The molecule has 4 nitrogen and oxygen atoms in total. The van der Waals surface area contributed by atoms with Crippen molar-refractivity contribution in [3.63, 3.8) is 0 Å². The molecule has 0 spiro atoms. The second-order valence-electron chi connectivity index (χ2n) is 4.37. The maximum Gasteiger partial charge on any atom is 0.322 e. The van der Waals surface area contributed by atoms with Gasteiger partial charge in [-0.05, 0) is 32.9 Å². The van der Waals surface area contributed by atoms with E-state index in [9.17, 15) is 4.79 Å². The normalized spacial score (nSPS) is 10.4. The van der Waals surface area contributed by atoms with Gasteiger partial charge in [0.25, 0.3) is 0 Å². The molecule has 0 heterocycles. The van der Waals surface area contributed by atoms with Gasteiger partial charge in [0.2, 0.25) is 0 Å². The van der Waals surface area contributed by atoms with E-state index in [0.29, 0.717) is 13.1 Å². The highest BCUT2D eigenvalue weighted by Crippen LogP contribution is 2.10. The summed E-state index contributed by atoms with van der Waals surface area (Å²) in [4.78, 5) is 13.7. The highest BCUT2D eigenvalue weighted by Gasteiger charge is 2.15. The Hall–Kier alpha value is -1.55. The molecule has 0 bridgehead atoms. The fraction of sp³-hybridized carbons (Fsp3) is 0.462. The van der Waals surface area contributed by atoms with Crippen molar-refractivity contribution in [1.82, 2.24) is 4.90 Å². The molecule has 0 aliphatic heterocycles. The summed E-state index contributed by atoms with van der Waals surface area (Å²) in [6.07, 6.45) is 0. The summed E-state index contributed by atoms with van der Waals surface area (Å²) in [5.41, 5.74) is 7.48. The second kappa shape index (κ2) is 6.25. The number of nitrogens with one attached hydrogen (secondary N) is 1. The topological polar surface area (TPSA) is 58.4 Å². The van der Waals surface area contributed by atoms with E-state index in [1.165, 1.54) is 5.56 Å². The molecule has 0 saturated heterocycles. The Bertz CT molecular complexity index is 359. The third-order valence-corrected chi connectivity index (χ3v) is 2.56. The van der Waals surface area contributed by atoms with Crippen molar-refractivity contribution >= 4 is 11.7 Å². The molecular formula is C13H21N3O. The molecule has 4 heteroatoms. The van der Waals surface area contributed by atoms with E-state index in [1.54, 1.807) is 4.90 Å². The molecular weight excluding hydrogens is 214 g/mol. The largest absolute Gasteiger partial charge is 0.329 e. The molecule has 0 aliphatic carbocycles. The molecule has 0 aliphatic rings. The number of nitrogens with zero attached hydrogens (tertiary/aromatic N) is 1. The van der Waals surface area contributed by atoms with Crippen molar-refractivity contribution in [3.05, 3.63) is 29.8 Å². The Kier molecular flexibility index (Phi) is 4.97. The Morgan fingerprint density at radius 3 is 2.41 bits per heavy atom. The molecule has 1 aromatic carbocycles. The average molecular weight is 235 g/mol. The van der Waals surface area contributed by atoms with Gasteiger partial charge >= 0.3 is 6.03 Å². The lowest BCUT2D eigenvalue weighted by Crippen LogP contribution is -2.42. The van der Waals surface area contributed by atoms with E-state index in [4.69, 9.17) is 5.73 Å². The van der Waals surface area contributed by atoms with Crippen LogP contribution >= 0.6 is 0 Å². The lowest BCUT2D eigenvalue weighted by molar-refractivity contribution is 0.199. The molecule has 0 radical (unpaired) electrons. The summed E-state index contributed by atoms with van der Waals surface area (Å²) >= 11 is 0. The molecule has 3 N–H and O–H groups in total. The van der Waals surface area contributed by atoms with Gasteiger partial charge < -0.3 is 16.0 Å². The van der Waals surface area contributed by atoms with Gasteiger partial charge in [0.15, 0.2) is 0 Å². The number of carbonyl (C=O) groups excluding carboxylic acids is 1. The predicted octanol–water partition coefficient (Wildman–Crippen LogP) is 2.20. The Labute approximate surface area is 103 Å². The number of amides is 2. The Balaban J connectivity index is 2.66. The highest BCUT2D eigenvalue weighted by molar-refractivity contribution is 5.89. The van der Waals surface area contributed by atoms with Crippen molar-refractivity contribution in [3.8, 4) is 0 Å². The highest BCUT2D eigenvalue weighted by atomic mass is 16.2. The number of carbonyl (C=O) groups is 1. The van der Waals surface area contributed by atoms with Gasteiger partial charge in [0.1, 0.15) is 0 Å². The van der Waals surface area contributed by atoms with Gasteiger partial charge in [-0.3, -0.25) is 0 Å². The Morgan fingerprint density at radius 2 is 1.94 bits per heavy atom. The number of hydrogen-bond donors (Lipinski definition) is 2. The van der Waals surface area contributed by atoms with Crippen LogP contribution in [0.4, 0.5) is 10.5 Å². The molecule has 0 atom stereocenters. The first-order valence-corrected chi connectivity index (χ1v) is 5.89. The smallest absolute Gasteiger partial charge is 0.322 e. The van der Waals surface area contributed by atoms with Crippen LogP contribution in [0.3, 0.4) is 0 Å². The van der Waals surface area contributed by atoms with E-state index in [2.05, 4.69) is 5.32 Å². The molecule has 0 aromatic heterocycles. The number of anilines is 1. The minimum atomic E-state index is -0.102. The molecule has 2 amide bonds. The number of hydrogen-bond acceptors (Lipinski definition) is 2. The van der Waals surface area contributed by atoms with Crippen molar-refractivity contribution in [2.75, 3.05) is 18.4 Å². The molecule has 0 saturated carbocycles. The number of benzene rings is 1. The van der Waals surface area contributed by atoms with Gasteiger partial charge in [-0.2, -0.15) is 0 Å². The van der Waals surface area contributed by atoms with Crippen LogP contribution in [0.15, 0.2) is 24.3 Å². The van der Waals surface area contributed by atoms with Crippen molar-refractivity contribution < 1.29 is 4.79 Å². The van der Waals surface area contributed by atoms with Gasteiger partial charge in [-0.15, -0.1) is 0 Å². The Morgan fingerprint density at radius 1 is 1.35 bits per heavy atom. The minimum Gasteiger partial charge on any atom is -0.329 e. The zero-order valence-electron chi connectivity index (χ0n) is 10.7. The van der Waals surface area contributed by atoms with E-state index >= 15 is 0 Å². The maximum atomic E-state index is 12.0. The molecule has 1 aromatic rings. The molecule has 17 heavy (non-hydrogen) atoms. The van der Waals surface area contributed by atoms with Crippen LogP contribution in [0.2, 0.25) is 0 Å². The van der Waals surface area contributed by atoms with Crippen LogP contribution < -0.4 is 11.1 Å². The number of aryl methyl sites for hydroxylation is 1. The average Bonchev–Trinajstić information content (AvgIpc) is 2.28. The molecule has 94 valence electrons. The van der Waals surface area contributed by atoms with Crippen LogP contribution in [0.25, 0.3) is 0 Å². The first-order valence-electron chi connectivity index (χ1n) is 5.89. The predicted molar refractivity (Wildman–Crippen MR) is 71.1 cm³/mol. The lowest BCUT2D eigenvalue weighted by Gasteiger charge is -2.26. The third-order valence-electron chi connectivity index (χ3n) is 2.56. The third kappa shape index (κ3) is 4.07. The molecule has 1 rings (SSSR count). The maximum absolute atomic E-state index is 12.0. The SMILES string of the molecule is Cc1ccc(NC(=O)N(CCN)C(C)C)cc1. The molecule has 0 unspecified atom stereocenters. The summed E-state index contributed by atoms with van der Waals surface area (Å²) in [5.74, 6) is 0. The summed E-state index contributed by atoms with van der Waals surface area (Å²) in [5, 5.41) is 2.87. The number of urea groups is 1. The summed E-state index contributed by atoms with van der Waals surface area (Å²) < 4.78 is 0. The summed E-state index contributed by atoms with van der Waals surface area (Å²) in [7, 11) is 0. The van der Waals surface area contributed by atoms with Crippen LogP contribution in [-0.4, -0.2) is 30.1 Å². The van der Waals surface area contributed by atoms with Crippen LogP contribution in [0.5, 0.6) is 0 Å². The van der Waals surface area contributed by atoms with Gasteiger partial charge in [-0.25, -0.2) is 4.79 Å². The standard InChI is InChI=1S/C13H21N3O/c1-10(2)16(9-8-14)13(17)15-12-6-4-11(3)5-7-12/h4-7,10H,8-9,14H2,1-3H3,(H,15,17). The van der Waals surface area contributed by atoms with Crippen molar-refractivity contribution in [2.45, 2.75) is 26.8 Å². The van der Waals surface area contributed by atoms with Gasteiger partial charge in [0.05, 0.1) is 0 Å². The van der Waals surface area contributed by atoms with Crippen LogP contribution in [0.1, 0.15) is 19.4 Å². The second-order valence-corrected chi connectivity index (χ2v) is 4.37. The van der Waals surface area contributed by atoms with Crippen LogP contribution in [-0.2, 0) is 0 Å². The summed E-state index contributed by atoms with van der Waals surface area (Å²) in [6, 6.07) is 7.78. The van der Waals surface area contributed by atoms with E-state index in [1.807, 2.05) is 45.0 Å².